The summed E-state index contributed by atoms with van der Waals surface area (Å²) in [6.07, 6.45) is 10.5. The van der Waals surface area contributed by atoms with E-state index in [1.165, 1.54) is 32.4 Å². The predicted octanol–water partition coefficient (Wildman–Crippen LogP) is 1.92. The maximum absolute atomic E-state index is 12.4. The Morgan fingerprint density at radius 3 is 2.86 bits per heavy atom. The first-order chi connectivity index (χ1) is 10.8. The minimum atomic E-state index is 0.301. The number of amides is 1. The quantitative estimate of drug-likeness (QED) is 0.834. The van der Waals surface area contributed by atoms with Crippen molar-refractivity contribution in [3.63, 3.8) is 0 Å². The number of likely N-dealkylation sites (tertiary alicyclic amines) is 2. The molecule has 2 saturated heterocycles. The van der Waals surface area contributed by atoms with Gasteiger partial charge < -0.3 is 9.47 Å². The minimum absolute atomic E-state index is 0.301. The first-order valence-electron chi connectivity index (χ1n) is 8.79. The van der Waals surface area contributed by atoms with Crippen LogP contribution in [0.25, 0.3) is 0 Å². The molecule has 0 spiro atoms. The van der Waals surface area contributed by atoms with Crippen molar-refractivity contribution in [2.75, 3.05) is 26.2 Å². The summed E-state index contributed by atoms with van der Waals surface area (Å²) in [5.74, 6) is 1.37. The van der Waals surface area contributed by atoms with Crippen molar-refractivity contribution in [2.45, 2.75) is 58.0 Å². The fourth-order valence-electron chi connectivity index (χ4n) is 3.78. The van der Waals surface area contributed by atoms with E-state index in [2.05, 4.69) is 26.3 Å². The smallest absolute Gasteiger partial charge is 0.224 e. The molecule has 2 aliphatic rings. The standard InChI is InChI=1S/C17H28N4O/c1-2-16-18-8-13-20(16)12-7-17(22)21-11-6-15(14-21)19-9-4-3-5-10-19/h8,13,15H,2-7,9-12,14H2,1H3/t15-/m1/s1. The first-order valence-corrected chi connectivity index (χ1v) is 8.79. The predicted molar refractivity (Wildman–Crippen MR) is 86.6 cm³/mol. The molecule has 2 aliphatic heterocycles. The lowest BCUT2D eigenvalue weighted by Gasteiger charge is -2.32. The number of aromatic nitrogens is 2. The zero-order chi connectivity index (χ0) is 15.4. The molecule has 2 fully saturated rings. The summed E-state index contributed by atoms with van der Waals surface area (Å²) in [6.45, 7) is 7.17. The number of piperidine rings is 1. The van der Waals surface area contributed by atoms with Crippen molar-refractivity contribution in [1.82, 2.24) is 19.4 Å². The van der Waals surface area contributed by atoms with Gasteiger partial charge in [0.1, 0.15) is 5.82 Å². The molecule has 1 amide bonds. The highest BCUT2D eigenvalue weighted by molar-refractivity contribution is 5.76. The largest absolute Gasteiger partial charge is 0.341 e. The van der Waals surface area contributed by atoms with E-state index in [9.17, 15) is 4.79 Å². The fourth-order valence-corrected chi connectivity index (χ4v) is 3.78. The Balaban J connectivity index is 1.47. The Kier molecular flexibility index (Phi) is 5.13. The average molecular weight is 304 g/mol. The molecule has 0 radical (unpaired) electrons. The molecule has 5 nitrogen and oxygen atoms in total. The average Bonchev–Trinajstić information content (AvgIpc) is 3.22. The number of hydrogen-bond donors (Lipinski definition) is 0. The second kappa shape index (κ2) is 7.27. The Hall–Kier alpha value is -1.36. The Morgan fingerprint density at radius 2 is 2.09 bits per heavy atom. The SMILES string of the molecule is CCc1nccn1CCC(=O)N1CC[C@@H](N2CCCCC2)C1. The third-order valence-electron chi connectivity index (χ3n) is 5.11. The van der Waals surface area contributed by atoms with Crippen LogP contribution in [-0.4, -0.2) is 57.5 Å². The molecule has 1 atom stereocenters. The van der Waals surface area contributed by atoms with Gasteiger partial charge in [-0.1, -0.05) is 13.3 Å². The molecular weight excluding hydrogens is 276 g/mol. The van der Waals surface area contributed by atoms with Crippen LogP contribution in [0, 0.1) is 0 Å². The molecule has 0 bridgehead atoms. The number of imidazole rings is 1. The lowest BCUT2D eigenvalue weighted by atomic mass is 10.1. The van der Waals surface area contributed by atoms with Gasteiger partial charge in [0, 0.05) is 50.9 Å². The van der Waals surface area contributed by atoms with Crippen LogP contribution in [0.5, 0.6) is 0 Å². The molecule has 1 aromatic heterocycles. The Bertz CT molecular complexity index is 493. The normalized spacial score (nSPS) is 23.1. The Labute approximate surface area is 133 Å². The molecule has 0 aliphatic carbocycles. The van der Waals surface area contributed by atoms with Gasteiger partial charge in [-0.2, -0.15) is 0 Å². The number of aryl methyl sites for hydroxylation is 2. The first kappa shape index (κ1) is 15.5. The fraction of sp³-hybridized carbons (Fsp3) is 0.765. The van der Waals surface area contributed by atoms with Crippen LogP contribution in [0.2, 0.25) is 0 Å². The highest BCUT2D eigenvalue weighted by Gasteiger charge is 2.30. The van der Waals surface area contributed by atoms with Gasteiger partial charge in [-0.15, -0.1) is 0 Å². The van der Waals surface area contributed by atoms with Crippen LogP contribution in [-0.2, 0) is 17.8 Å². The van der Waals surface area contributed by atoms with Crippen molar-refractivity contribution in [3.8, 4) is 0 Å². The van der Waals surface area contributed by atoms with E-state index in [-0.39, 0.29) is 0 Å². The van der Waals surface area contributed by atoms with Crippen molar-refractivity contribution in [2.24, 2.45) is 0 Å². The molecular formula is C17H28N4O. The summed E-state index contributed by atoms with van der Waals surface area (Å²) in [7, 11) is 0. The topological polar surface area (TPSA) is 41.4 Å². The molecule has 0 saturated carbocycles. The van der Waals surface area contributed by atoms with E-state index in [1.54, 1.807) is 0 Å². The van der Waals surface area contributed by atoms with Crippen LogP contribution in [0.15, 0.2) is 12.4 Å². The monoisotopic (exact) mass is 304 g/mol. The summed E-state index contributed by atoms with van der Waals surface area (Å²) in [5, 5.41) is 0. The van der Waals surface area contributed by atoms with Crippen LogP contribution in [0.3, 0.4) is 0 Å². The van der Waals surface area contributed by atoms with Crippen molar-refractivity contribution in [1.29, 1.82) is 0 Å². The summed E-state index contributed by atoms with van der Waals surface area (Å²) < 4.78 is 2.11. The van der Waals surface area contributed by atoms with Crippen LogP contribution >= 0.6 is 0 Å². The van der Waals surface area contributed by atoms with Gasteiger partial charge in [-0.25, -0.2) is 4.98 Å². The zero-order valence-corrected chi connectivity index (χ0v) is 13.7. The van der Waals surface area contributed by atoms with E-state index >= 15 is 0 Å². The lowest BCUT2D eigenvalue weighted by Crippen LogP contribution is -2.41. The molecule has 122 valence electrons. The molecule has 3 heterocycles. The maximum Gasteiger partial charge on any atom is 0.224 e. The van der Waals surface area contributed by atoms with E-state index in [0.29, 0.717) is 18.4 Å². The van der Waals surface area contributed by atoms with E-state index in [1.807, 2.05) is 12.4 Å². The van der Waals surface area contributed by atoms with Gasteiger partial charge >= 0.3 is 0 Å². The third kappa shape index (κ3) is 3.51. The second-order valence-electron chi connectivity index (χ2n) is 6.52. The highest BCUT2D eigenvalue weighted by Crippen LogP contribution is 2.20. The molecule has 5 heteroatoms. The van der Waals surface area contributed by atoms with Crippen LogP contribution in [0.1, 0.15) is 44.9 Å². The van der Waals surface area contributed by atoms with Gasteiger partial charge in [0.05, 0.1) is 0 Å². The van der Waals surface area contributed by atoms with Gasteiger partial charge in [0.15, 0.2) is 0 Å². The van der Waals surface area contributed by atoms with E-state index < -0.39 is 0 Å². The third-order valence-corrected chi connectivity index (χ3v) is 5.11. The summed E-state index contributed by atoms with van der Waals surface area (Å²) in [6, 6.07) is 0.601. The zero-order valence-electron chi connectivity index (χ0n) is 13.7. The number of rotatable bonds is 5. The molecule has 0 N–H and O–H groups in total. The highest BCUT2D eigenvalue weighted by atomic mass is 16.2. The second-order valence-corrected chi connectivity index (χ2v) is 6.52. The van der Waals surface area contributed by atoms with E-state index in [4.69, 9.17) is 0 Å². The van der Waals surface area contributed by atoms with Gasteiger partial charge in [0.2, 0.25) is 5.91 Å². The van der Waals surface area contributed by atoms with Gasteiger partial charge in [-0.3, -0.25) is 9.69 Å². The molecule has 1 aromatic rings. The summed E-state index contributed by atoms with van der Waals surface area (Å²) in [4.78, 5) is 21.4. The van der Waals surface area contributed by atoms with Crippen LogP contribution in [0.4, 0.5) is 0 Å². The summed E-state index contributed by atoms with van der Waals surface area (Å²) in [5.41, 5.74) is 0. The maximum atomic E-state index is 12.4. The lowest BCUT2D eigenvalue weighted by molar-refractivity contribution is -0.130. The van der Waals surface area contributed by atoms with Crippen molar-refractivity contribution < 1.29 is 4.79 Å². The molecule has 0 aromatic carbocycles. The molecule has 0 unspecified atom stereocenters. The van der Waals surface area contributed by atoms with Gasteiger partial charge in [-0.05, 0) is 32.4 Å². The number of carbonyl (C=O) groups is 1. The minimum Gasteiger partial charge on any atom is -0.341 e. The van der Waals surface area contributed by atoms with Gasteiger partial charge in [0.25, 0.3) is 0 Å². The number of nitrogens with zero attached hydrogens (tertiary/aromatic N) is 4. The molecule has 22 heavy (non-hydrogen) atoms. The van der Waals surface area contributed by atoms with Crippen molar-refractivity contribution in [3.05, 3.63) is 18.2 Å². The van der Waals surface area contributed by atoms with E-state index in [0.717, 1.165) is 38.3 Å². The molecule has 3 rings (SSSR count). The summed E-state index contributed by atoms with van der Waals surface area (Å²) >= 11 is 0. The Morgan fingerprint density at radius 1 is 1.27 bits per heavy atom. The number of carbonyl (C=O) groups excluding carboxylic acids is 1. The van der Waals surface area contributed by atoms with Crippen molar-refractivity contribution >= 4 is 5.91 Å². The number of hydrogen-bond acceptors (Lipinski definition) is 3. The van der Waals surface area contributed by atoms with Crippen LogP contribution < -0.4 is 0 Å².